The maximum Gasteiger partial charge on any atom is 0.219 e. The van der Waals surface area contributed by atoms with Gasteiger partial charge in [-0.3, -0.25) is 4.99 Å². The molecule has 2 heterocycles. The molecule has 0 radical (unpaired) electrons. The number of hydrogen-bond acceptors (Lipinski definition) is 5. The van der Waals surface area contributed by atoms with Crippen LogP contribution in [-0.2, 0) is 16.4 Å². The second-order valence-corrected chi connectivity index (χ2v) is 8.46. The van der Waals surface area contributed by atoms with Crippen LogP contribution in [-0.4, -0.2) is 44.0 Å². The number of halogens is 2. The lowest BCUT2D eigenvalue weighted by Gasteiger charge is -2.16. The third kappa shape index (κ3) is 6.59. The Morgan fingerprint density at radius 3 is 2.71 bits per heavy atom. The molecule has 2 N–H and O–H groups in total. The Hall–Kier alpha value is -1.95. The Bertz CT molecular complexity index is 923. The van der Waals surface area contributed by atoms with E-state index < -0.39 is 9.84 Å². The van der Waals surface area contributed by atoms with Crippen LogP contribution in [0.3, 0.4) is 0 Å². The van der Waals surface area contributed by atoms with Gasteiger partial charge in [-0.1, -0.05) is 0 Å². The summed E-state index contributed by atoms with van der Waals surface area (Å²) < 4.78 is 41.7. The zero-order valence-electron chi connectivity index (χ0n) is 15.3. The minimum absolute atomic E-state index is 0. The van der Waals surface area contributed by atoms with Crippen molar-refractivity contribution >= 4 is 39.8 Å². The minimum atomic E-state index is -2.95. The van der Waals surface area contributed by atoms with Gasteiger partial charge < -0.3 is 15.4 Å². The number of pyridine rings is 1. The van der Waals surface area contributed by atoms with Crippen LogP contribution in [0.25, 0.3) is 0 Å². The summed E-state index contributed by atoms with van der Waals surface area (Å²) in [5.74, 6) is 1.42. The molecule has 0 aliphatic carbocycles. The highest BCUT2D eigenvalue weighted by molar-refractivity contribution is 14.0. The van der Waals surface area contributed by atoms with Crippen molar-refractivity contribution in [3.05, 3.63) is 54.0 Å². The number of sulfone groups is 1. The summed E-state index contributed by atoms with van der Waals surface area (Å²) >= 11 is 0. The summed E-state index contributed by atoms with van der Waals surface area (Å²) in [7, 11) is -1.31. The third-order valence-corrected chi connectivity index (χ3v) is 5.86. The Kier molecular flexibility index (Phi) is 7.98. The largest absolute Gasteiger partial charge is 0.439 e. The maximum absolute atomic E-state index is 13.0. The molecule has 0 saturated carbocycles. The number of aliphatic imine (C=N–C) groups is 1. The number of hydrogen-bond donors (Lipinski definition) is 2. The quantitative estimate of drug-likeness (QED) is 0.358. The number of nitrogens with zero attached hydrogens (tertiary/aromatic N) is 2. The Labute approximate surface area is 180 Å². The highest BCUT2D eigenvalue weighted by Gasteiger charge is 2.28. The Balaban J connectivity index is 0.00000280. The van der Waals surface area contributed by atoms with Gasteiger partial charge in [0, 0.05) is 31.9 Å². The summed E-state index contributed by atoms with van der Waals surface area (Å²) in [5, 5.41) is 6.28. The lowest BCUT2D eigenvalue weighted by molar-refractivity contribution is 0.460. The molecule has 1 aromatic carbocycles. The molecule has 1 aromatic heterocycles. The van der Waals surface area contributed by atoms with Gasteiger partial charge in [-0.2, -0.15) is 0 Å². The van der Waals surface area contributed by atoms with Crippen molar-refractivity contribution in [1.82, 2.24) is 15.6 Å². The van der Waals surface area contributed by atoms with Gasteiger partial charge in [0.15, 0.2) is 15.8 Å². The molecule has 0 bridgehead atoms. The monoisotopic (exact) mass is 520 g/mol. The Morgan fingerprint density at radius 2 is 2.07 bits per heavy atom. The van der Waals surface area contributed by atoms with Crippen LogP contribution in [0.4, 0.5) is 4.39 Å². The number of guanidine groups is 1. The number of aromatic nitrogens is 1. The van der Waals surface area contributed by atoms with Gasteiger partial charge in [0.2, 0.25) is 5.88 Å². The van der Waals surface area contributed by atoms with Crippen molar-refractivity contribution in [3.8, 4) is 11.6 Å². The van der Waals surface area contributed by atoms with Crippen LogP contribution in [0.2, 0.25) is 0 Å². The molecule has 2 aromatic rings. The van der Waals surface area contributed by atoms with E-state index in [-0.39, 0.29) is 47.3 Å². The zero-order chi connectivity index (χ0) is 19.3. The van der Waals surface area contributed by atoms with E-state index >= 15 is 0 Å². The van der Waals surface area contributed by atoms with Gasteiger partial charge in [-0.15, -0.1) is 24.0 Å². The molecule has 10 heteroatoms. The fraction of sp³-hybridized carbons (Fsp3) is 0.333. The average molecular weight is 520 g/mol. The fourth-order valence-electron chi connectivity index (χ4n) is 2.72. The lowest BCUT2D eigenvalue weighted by atomic mass is 10.2. The lowest BCUT2D eigenvalue weighted by Crippen LogP contribution is -2.43. The van der Waals surface area contributed by atoms with Crippen molar-refractivity contribution in [3.63, 3.8) is 0 Å². The van der Waals surface area contributed by atoms with E-state index in [1.807, 2.05) is 6.07 Å². The predicted molar refractivity (Wildman–Crippen MR) is 117 cm³/mol. The molecule has 1 atom stereocenters. The van der Waals surface area contributed by atoms with Crippen molar-refractivity contribution < 1.29 is 17.5 Å². The van der Waals surface area contributed by atoms with Gasteiger partial charge in [-0.05, 0) is 42.3 Å². The molecule has 1 saturated heterocycles. The molecule has 1 aliphatic heterocycles. The number of rotatable bonds is 5. The summed E-state index contributed by atoms with van der Waals surface area (Å²) in [5.41, 5.74) is 0.907. The second kappa shape index (κ2) is 10.0. The molecule has 28 heavy (non-hydrogen) atoms. The van der Waals surface area contributed by atoms with Gasteiger partial charge in [0.25, 0.3) is 0 Å². The van der Waals surface area contributed by atoms with E-state index in [9.17, 15) is 12.8 Å². The van der Waals surface area contributed by atoms with Crippen LogP contribution < -0.4 is 15.4 Å². The first kappa shape index (κ1) is 22.3. The number of nitrogens with one attached hydrogen (secondary N) is 2. The van der Waals surface area contributed by atoms with Crippen molar-refractivity contribution in [1.29, 1.82) is 0 Å². The topological polar surface area (TPSA) is 92.7 Å². The molecule has 0 amide bonds. The highest BCUT2D eigenvalue weighted by atomic mass is 127. The normalized spacial score (nSPS) is 18.2. The summed E-state index contributed by atoms with van der Waals surface area (Å²) in [6.07, 6.45) is 2.20. The molecule has 1 aliphatic rings. The third-order valence-electron chi connectivity index (χ3n) is 4.09. The molecule has 1 fully saturated rings. The standard InChI is InChI=1S/C18H21FN4O3S.HI/c1-20-18(23-15-7-9-27(24,25)12-15)22-11-13-6-8-21-17(10-13)26-16-4-2-14(19)3-5-16;/h2-6,8,10,15H,7,9,11-12H2,1H3,(H2,20,22,23);1H. The zero-order valence-corrected chi connectivity index (χ0v) is 18.4. The SMILES string of the molecule is CN=C(NCc1ccnc(Oc2ccc(F)cc2)c1)NC1CCS(=O)(=O)C1.I. The molecule has 7 nitrogen and oxygen atoms in total. The molecule has 0 spiro atoms. The van der Waals surface area contributed by atoms with Gasteiger partial charge in [0.1, 0.15) is 11.6 Å². The molecule has 152 valence electrons. The first-order valence-electron chi connectivity index (χ1n) is 8.49. The van der Waals surface area contributed by atoms with Crippen LogP contribution >= 0.6 is 24.0 Å². The van der Waals surface area contributed by atoms with Crippen molar-refractivity contribution in [2.45, 2.75) is 19.0 Å². The number of ether oxygens (including phenoxy) is 1. The van der Waals surface area contributed by atoms with Crippen LogP contribution in [0.15, 0.2) is 47.6 Å². The van der Waals surface area contributed by atoms with Gasteiger partial charge in [-0.25, -0.2) is 17.8 Å². The fourth-order valence-corrected chi connectivity index (χ4v) is 4.40. The average Bonchev–Trinajstić information content (AvgIpc) is 2.99. The Morgan fingerprint density at radius 1 is 1.32 bits per heavy atom. The van der Waals surface area contributed by atoms with Gasteiger partial charge >= 0.3 is 0 Å². The molecular weight excluding hydrogens is 498 g/mol. The summed E-state index contributed by atoms with van der Waals surface area (Å²) in [6, 6.07) is 9.17. The molecule has 3 rings (SSSR count). The van der Waals surface area contributed by atoms with E-state index in [1.54, 1.807) is 19.3 Å². The van der Waals surface area contributed by atoms with Crippen LogP contribution in [0, 0.1) is 5.82 Å². The summed E-state index contributed by atoms with van der Waals surface area (Å²) in [4.78, 5) is 8.28. The highest BCUT2D eigenvalue weighted by Crippen LogP contribution is 2.20. The van der Waals surface area contributed by atoms with Crippen molar-refractivity contribution in [2.75, 3.05) is 18.6 Å². The van der Waals surface area contributed by atoms with E-state index in [0.717, 1.165) is 5.56 Å². The minimum Gasteiger partial charge on any atom is -0.439 e. The second-order valence-electron chi connectivity index (χ2n) is 6.23. The van der Waals surface area contributed by atoms with Gasteiger partial charge in [0.05, 0.1) is 11.5 Å². The van der Waals surface area contributed by atoms with Crippen LogP contribution in [0.1, 0.15) is 12.0 Å². The molecule has 1 unspecified atom stereocenters. The molecular formula is C18H22FIN4O3S. The van der Waals surface area contributed by atoms with Crippen molar-refractivity contribution in [2.24, 2.45) is 4.99 Å². The maximum atomic E-state index is 13.0. The first-order chi connectivity index (χ1) is 12.9. The van der Waals surface area contributed by atoms with E-state index in [1.165, 1.54) is 24.3 Å². The first-order valence-corrected chi connectivity index (χ1v) is 10.3. The smallest absolute Gasteiger partial charge is 0.219 e. The number of benzene rings is 1. The van der Waals surface area contributed by atoms with E-state index in [2.05, 4.69) is 20.6 Å². The van der Waals surface area contributed by atoms with Crippen LogP contribution in [0.5, 0.6) is 11.6 Å². The summed E-state index contributed by atoms with van der Waals surface area (Å²) in [6.45, 7) is 0.460. The predicted octanol–water partition coefficient (Wildman–Crippen LogP) is 2.48. The van der Waals surface area contributed by atoms with E-state index in [0.29, 0.717) is 30.6 Å². The van der Waals surface area contributed by atoms with E-state index in [4.69, 9.17) is 4.74 Å².